The lowest BCUT2D eigenvalue weighted by Crippen LogP contribution is -2.14. The van der Waals surface area contributed by atoms with Gasteiger partial charge < -0.3 is 9.47 Å². The standard InChI is InChI=1S/C15H16N4O3/c1-3-5-12(4-2)22-14(20)10-21-13-8-6-11(7-9-13)15-16-18-19-17-15/h3-9H,10H2,1-2H3,(H,16,17,18,19)/b5-3-,12-4+. The van der Waals surface area contributed by atoms with Crippen molar-refractivity contribution in [2.45, 2.75) is 13.8 Å². The van der Waals surface area contributed by atoms with Crippen LogP contribution in [-0.4, -0.2) is 33.2 Å². The first-order valence-corrected chi connectivity index (χ1v) is 6.69. The first-order valence-electron chi connectivity index (χ1n) is 6.69. The second kappa shape index (κ2) is 7.72. The van der Waals surface area contributed by atoms with Crippen LogP contribution < -0.4 is 4.74 Å². The topological polar surface area (TPSA) is 90.0 Å². The van der Waals surface area contributed by atoms with Crippen LogP contribution in [0.5, 0.6) is 5.75 Å². The van der Waals surface area contributed by atoms with E-state index in [1.807, 2.05) is 6.92 Å². The molecule has 1 N–H and O–H groups in total. The van der Waals surface area contributed by atoms with E-state index in [1.165, 1.54) is 0 Å². The van der Waals surface area contributed by atoms with E-state index in [9.17, 15) is 4.79 Å². The maximum atomic E-state index is 11.7. The predicted molar refractivity (Wildman–Crippen MR) is 79.8 cm³/mol. The van der Waals surface area contributed by atoms with E-state index in [4.69, 9.17) is 9.47 Å². The van der Waals surface area contributed by atoms with Gasteiger partial charge >= 0.3 is 5.97 Å². The summed E-state index contributed by atoms with van der Waals surface area (Å²) in [6, 6.07) is 7.01. The number of carbonyl (C=O) groups is 1. The van der Waals surface area contributed by atoms with Crippen molar-refractivity contribution in [3.8, 4) is 17.1 Å². The van der Waals surface area contributed by atoms with Crippen molar-refractivity contribution in [3.05, 3.63) is 48.3 Å². The van der Waals surface area contributed by atoms with Crippen LogP contribution in [0.1, 0.15) is 13.8 Å². The van der Waals surface area contributed by atoms with Crippen molar-refractivity contribution in [2.75, 3.05) is 6.61 Å². The molecule has 7 heteroatoms. The zero-order valence-corrected chi connectivity index (χ0v) is 12.3. The molecule has 0 fully saturated rings. The number of rotatable bonds is 6. The number of hydrogen-bond donors (Lipinski definition) is 1. The molecule has 0 saturated carbocycles. The molecule has 0 atom stereocenters. The van der Waals surface area contributed by atoms with Crippen molar-refractivity contribution in [2.24, 2.45) is 0 Å². The highest BCUT2D eigenvalue weighted by atomic mass is 16.6. The minimum absolute atomic E-state index is 0.170. The lowest BCUT2D eigenvalue weighted by molar-refractivity contribution is -0.141. The monoisotopic (exact) mass is 300 g/mol. The maximum absolute atomic E-state index is 11.7. The van der Waals surface area contributed by atoms with Gasteiger partial charge in [0.15, 0.2) is 6.61 Å². The molecule has 0 amide bonds. The van der Waals surface area contributed by atoms with Gasteiger partial charge in [-0.25, -0.2) is 4.79 Å². The number of nitrogens with one attached hydrogen (secondary N) is 1. The van der Waals surface area contributed by atoms with Crippen molar-refractivity contribution in [1.82, 2.24) is 20.6 Å². The molecule has 22 heavy (non-hydrogen) atoms. The first-order chi connectivity index (χ1) is 10.7. The summed E-state index contributed by atoms with van der Waals surface area (Å²) in [7, 11) is 0. The fourth-order valence-electron chi connectivity index (χ4n) is 1.64. The highest BCUT2D eigenvalue weighted by Crippen LogP contribution is 2.18. The zero-order chi connectivity index (χ0) is 15.8. The van der Waals surface area contributed by atoms with Gasteiger partial charge in [-0.1, -0.05) is 6.08 Å². The molecule has 7 nitrogen and oxygen atoms in total. The molecule has 0 aliphatic heterocycles. The third kappa shape index (κ3) is 4.27. The number of H-pyrrole nitrogens is 1. The third-order valence-electron chi connectivity index (χ3n) is 2.66. The Kier molecular flexibility index (Phi) is 5.42. The highest BCUT2D eigenvalue weighted by Gasteiger charge is 2.07. The molecule has 0 radical (unpaired) electrons. The molecule has 0 bridgehead atoms. The molecule has 2 aromatic rings. The van der Waals surface area contributed by atoms with E-state index in [0.29, 0.717) is 17.3 Å². The number of ether oxygens (including phenoxy) is 2. The zero-order valence-electron chi connectivity index (χ0n) is 12.3. The van der Waals surface area contributed by atoms with E-state index in [1.54, 1.807) is 49.4 Å². The molecule has 114 valence electrons. The summed E-state index contributed by atoms with van der Waals surface area (Å²) in [5.41, 5.74) is 0.799. The number of nitrogens with zero attached hydrogens (tertiary/aromatic N) is 3. The Bertz CT molecular complexity index is 661. The molecule has 0 aliphatic rings. The quantitative estimate of drug-likeness (QED) is 0.500. The summed E-state index contributed by atoms with van der Waals surface area (Å²) in [6.45, 7) is 3.47. The van der Waals surface area contributed by atoms with Crippen LogP contribution >= 0.6 is 0 Å². The van der Waals surface area contributed by atoms with Crippen LogP contribution in [0.25, 0.3) is 11.4 Å². The van der Waals surface area contributed by atoms with Gasteiger partial charge in [-0.15, -0.1) is 10.2 Å². The molecule has 0 unspecified atom stereocenters. The summed E-state index contributed by atoms with van der Waals surface area (Å²) in [6.07, 6.45) is 5.20. The van der Waals surface area contributed by atoms with Gasteiger partial charge in [0.05, 0.1) is 0 Å². The maximum Gasteiger partial charge on any atom is 0.349 e. The Balaban J connectivity index is 1.88. The molecule has 0 spiro atoms. The average Bonchev–Trinajstić information content (AvgIpc) is 3.07. The average molecular weight is 300 g/mol. The van der Waals surface area contributed by atoms with Gasteiger partial charge in [0.25, 0.3) is 0 Å². The molecule has 1 aromatic heterocycles. The molecule has 2 rings (SSSR count). The molecule has 0 saturated heterocycles. The number of esters is 1. The Morgan fingerprint density at radius 2 is 2.05 bits per heavy atom. The van der Waals surface area contributed by atoms with Crippen LogP contribution in [0.4, 0.5) is 0 Å². The second-order valence-electron chi connectivity index (χ2n) is 4.21. The van der Waals surface area contributed by atoms with Gasteiger partial charge in [0.2, 0.25) is 5.82 Å². The summed E-state index contributed by atoms with van der Waals surface area (Å²) in [4.78, 5) is 11.7. The van der Waals surface area contributed by atoms with Crippen molar-refractivity contribution >= 4 is 5.97 Å². The summed E-state index contributed by atoms with van der Waals surface area (Å²) < 4.78 is 10.5. The predicted octanol–water partition coefficient (Wildman–Crippen LogP) is 2.27. The van der Waals surface area contributed by atoms with Crippen LogP contribution in [0.2, 0.25) is 0 Å². The molecular weight excluding hydrogens is 284 g/mol. The molecule has 0 aliphatic carbocycles. The Morgan fingerprint density at radius 3 is 2.64 bits per heavy atom. The lowest BCUT2D eigenvalue weighted by Gasteiger charge is -2.07. The smallest absolute Gasteiger partial charge is 0.349 e. The number of hydrogen-bond acceptors (Lipinski definition) is 6. The highest BCUT2D eigenvalue weighted by molar-refractivity contribution is 5.72. The molecular formula is C15H16N4O3. The van der Waals surface area contributed by atoms with Gasteiger partial charge in [0.1, 0.15) is 11.5 Å². The first kappa shape index (κ1) is 15.4. The van der Waals surface area contributed by atoms with E-state index in [0.717, 1.165) is 5.56 Å². The Morgan fingerprint density at radius 1 is 1.27 bits per heavy atom. The van der Waals surface area contributed by atoms with Crippen molar-refractivity contribution in [1.29, 1.82) is 0 Å². The van der Waals surface area contributed by atoms with Crippen LogP contribution in [0, 0.1) is 0 Å². The normalized spacial score (nSPS) is 11.6. The van der Waals surface area contributed by atoms with E-state index in [-0.39, 0.29) is 6.61 Å². The number of aromatic nitrogens is 4. The van der Waals surface area contributed by atoms with Crippen molar-refractivity contribution < 1.29 is 14.3 Å². The van der Waals surface area contributed by atoms with Crippen LogP contribution in [0.15, 0.2) is 48.3 Å². The number of allylic oxidation sites excluding steroid dienone is 3. The SMILES string of the molecule is C/C=C\C(=C/C)OC(=O)COc1ccc(-c2nn[nH]n2)cc1. The van der Waals surface area contributed by atoms with E-state index < -0.39 is 5.97 Å². The fraction of sp³-hybridized carbons (Fsp3) is 0.200. The number of carbonyl (C=O) groups excluding carboxylic acids is 1. The minimum Gasteiger partial charge on any atom is -0.482 e. The lowest BCUT2D eigenvalue weighted by atomic mass is 10.2. The number of tetrazole rings is 1. The number of aromatic amines is 1. The number of benzene rings is 1. The molecule has 1 heterocycles. The summed E-state index contributed by atoms with van der Waals surface area (Å²) >= 11 is 0. The van der Waals surface area contributed by atoms with Crippen LogP contribution in [0.3, 0.4) is 0 Å². The van der Waals surface area contributed by atoms with E-state index in [2.05, 4.69) is 20.6 Å². The van der Waals surface area contributed by atoms with Crippen molar-refractivity contribution in [3.63, 3.8) is 0 Å². The van der Waals surface area contributed by atoms with Gasteiger partial charge in [-0.3, -0.25) is 0 Å². The minimum atomic E-state index is -0.464. The Hall–Kier alpha value is -2.96. The van der Waals surface area contributed by atoms with Gasteiger partial charge in [-0.2, -0.15) is 5.21 Å². The van der Waals surface area contributed by atoms with E-state index >= 15 is 0 Å². The van der Waals surface area contributed by atoms with Gasteiger partial charge in [0, 0.05) is 5.56 Å². The van der Waals surface area contributed by atoms with Gasteiger partial charge in [-0.05, 0) is 55.5 Å². The third-order valence-corrected chi connectivity index (χ3v) is 2.66. The van der Waals surface area contributed by atoms with Crippen LogP contribution in [-0.2, 0) is 9.53 Å². The Labute approximate surface area is 127 Å². The second-order valence-corrected chi connectivity index (χ2v) is 4.21. The summed E-state index contributed by atoms with van der Waals surface area (Å²) in [5, 5.41) is 13.6. The largest absolute Gasteiger partial charge is 0.482 e. The fourth-order valence-corrected chi connectivity index (χ4v) is 1.64. The molecule has 1 aromatic carbocycles. The summed E-state index contributed by atoms with van der Waals surface area (Å²) in [5.74, 6) is 1.07.